The number of aliphatic hydroxyl groups is 1. The highest BCUT2D eigenvalue weighted by Crippen LogP contribution is 2.19. The summed E-state index contributed by atoms with van der Waals surface area (Å²) in [6.07, 6.45) is 0.917. The average Bonchev–Trinajstić information content (AvgIpc) is 1.79. The summed E-state index contributed by atoms with van der Waals surface area (Å²) in [6.45, 7) is 4.36. The Balaban J connectivity index is 2.49. The molecule has 60 valence electrons. The average molecular weight is 144 g/mol. The maximum atomic E-state index is 9.40. The van der Waals surface area contributed by atoms with Gasteiger partial charge in [0.05, 0.1) is 33.3 Å². The molecule has 10 heavy (non-hydrogen) atoms. The van der Waals surface area contributed by atoms with Crippen molar-refractivity contribution in [2.24, 2.45) is 5.92 Å². The maximum absolute atomic E-state index is 9.40. The van der Waals surface area contributed by atoms with Gasteiger partial charge in [0.15, 0.2) is 0 Å². The summed E-state index contributed by atoms with van der Waals surface area (Å²) in [7, 11) is 4.45. The second kappa shape index (κ2) is 2.51. The SMILES string of the molecule is CC1C[N+](C)(C)CC[C@@H]1O. The third-order valence-corrected chi connectivity index (χ3v) is 2.47. The predicted molar refractivity (Wildman–Crippen MR) is 41.6 cm³/mol. The Morgan fingerprint density at radius 3 is 2.40 bits per heavy atom. The number of hydrogen-bond donors (Lipinski definition) is 1. The van der Waals surface area contributed by atoms with E-state index in [1.165, 1.54) is 0 Å². The Labute approximate surface area is 63.1 Å². The van der Waals surface area contributed by atoms with Crippen LogP contribution in [0.3, 0.4) is 0 Å². The monoisotopic (exact) mass is 144 g/mol. The molecule has 0 spiro atoms. The lowest BCUT2D eigenvalue weighted by Crippen LogP contribution is -2.51. The molecule has 1 fully saturated rings. The third kappa shape index (κ3) is 1.70. The first-order chi connectivity index (χ1) is 4.51. The molecule has 1 N–H and O–H groups in total. The Hall–Kier alpha value is -0.0800. The summed E-state index contributed by atoms with van der Waals surface area (Å²) in [6, 6.07) is 0. The van der Waals surface area contributed by atoms with E-state index < -0.39 is 0 Å². The highest BCUT2D eigenvalue weighted by atomic mass is 16.3. The first-order valence-electron chi connectivity index (χ1n) is 4.01. The Kier molecular flexibility index (Phi) is 2.02. The lowest BCUT2D eigenvalue weighted by atomic mass is 9.96. The van der Waals surface area contributed by atoms with E-state index in [1.54, 1.807) is 0 Å². The van der Waals surface area contributed by atoms with Gasteiger partial charge in [0, 0.05) is 12.3 Å². The van der Waals surface area contributed by atoms with Crippen LogP contribution in [-0.2, 0) is 0 Å². The standard InChI is InChI=1S/C8H18NO/c1-7-6-9(2,3)5-4-8(7)10/h7-8,10H,4-6H2,1-3H3/q+1/t7?,8-/m0/s1. The van der Waals surface area contributed by atoms with Gasteiger partial charge in [-0.15, -0.1) is 0 Å². The van der Waals surface area contributed by atoms with Gasteiger partial charge in [-0.25, -0.2) is 0 Å². The molecule has 0 amide bonds. The zero-order valence-corrected chi connectivity index (χ0v) is 7.17. The summed E-state index contributed by atoms with van der Waals surface area (Å²) in [5.41, 5.74) is 0. The van der Waals surface area contributed by atoms with Gasteiger partial charge >= 0.3 is 0 Å². The molecular formula is C8H18NO+. The quantitative estimate of drug-likeness (QED) is 0.490. The zero-order chi connectivity index (χ0) is 7.78. The van der Waals surface area contributed by atoms with Crippen molar-refractivity contribution in [3.63, 3.8) is 0 Å². The molecule has 0 radical (unpaired) electrons. The molecule has 0 aliphatic carbocycles. The number of rotatable bonds is 0. The fourth-order valence-electron chi connectivity index (χ4n) is 1.76. The second-order valence-electron chi connectivity index (χ2n) is 4.18. The summed E-state index contributed by atoms with van der Waals surface area (Å²) in [5, 5.41) is 9.40. The van der Waals surface area contributed by atoms with E-state index in [1.807, 2.05) is 0 Å². The van der Waals surface area contributed by atoms with Gasteiger partial charge in [0.2, 0.25) is 0 Å². The smallest absolute Gasteiger partial charge is 0.0833 e. The molecule has 0 aromatic rings. The number of hydrogen-bond acceptors (Lipinski definition) is 1. The van der Waals surface area contributed by atoms with E-state index in [0.717, 1.165) is 24.0 Å². The minimum Gasteiger partial charge on any atom is -0.392 e. The van der Waals surface area contributed by atoms with Crippen LogP contribution in [0.5, 0.6) is 0 Å². The summed E-state index contributed by atoms with van der Waals surface area (Å²) in [4.78, 5) is 0. The molecule has 2 nitrogen and oxygen atoms in total. The van der Waals surface area contributed by atoms with E-state index in [9.17, 15) is 5.11 Å². The summed E-state index contributed by atoms with van der Waals surface area (Å²) in [5.74, 6) is 0.476. The predicted octanol–water partition coefficient (Wildman–Crippen LogP) is 0.464. The van der Waals surface area contributed by atoms with Crippen LogP contribution >= 0.6 is 0 Å². The van der Waals surface area contributed by atoms with E-state index >= 15 is 0 Å². The molecule has 1 heterocycles. The van der Waals surface area contributed by atoms with Crippen molar-refractivity contribution in [1.29, 1.82) is 0 Å². The molecule has 2 heteroatoms. The number of quaternary nitrogens is 1. The molecule has 0 aromatic carbocycles. The van der Waals surface area contributed by atoms with Crippen molar-refractivity contribution in [3.05, 3.63) is 0 Å². The van der Waals surface area contributed by atoms with Gasteiger partial charge in [-0.1, -0.05) is 6.92 Å². The molecule has 1 rings (SSSR count). The van der Waals surface area contributed by atoms with Gasteiger partial charge in [-0.3, -0.25) is 0 Å². The lowest BCUT2D eigenvalue weighted by Gasteiger charge is -2.39. The van der Waals surface area contributed by atoms with Crippen LogP contribution in [0.25, 0.3) is 0 Å². The van der Waals surface area contributed by atoms with Crippen LogP contribution in [0.1, 0.15) is 13.3 Å². The minimum atomic E-state index is -0.0499. The maximum Gasteiger partial charge on any atom is 0.0833 e. The molecule has 1 saturated heterocycles. The van der Waals surface area contributed by atoms with Gasteiger partial charge in [0.1, 0.15) is 0 Å². The molecule has 0 bridgehead atoms. The topological polar surface area (TPSA) is 20.2 Å². The van der Waals surface area contributed by atoms with Crippen molar-refractivity contribution in [2.45, 2.75) is 19.4 Å². The van der Waals surface area contributed by atoms with Gasteiger partial charge < -0.3 is 9.59 Å². The van der Waals surface area contributed by atoms with E-state index in [2.05, 4.69) is 21.0 Å². The normalized spacial score (nSPS) is 39.6. The number of nitrogens with zero attached hydrogens (tertiary/aromatic N) is 1. The van der Waals surface area contributed by atoms with Crippen molar-refractivity contribution >= 4 is 0 Å². The summed E-state index contributed by atoms with van der Waals surface area (Å²) >= 11 is 0. The van der Waals surface area contributed by atoms with Crippen molar-refractivity contribution in [2.75, 3.05) is 27.2 Å². The van der Waals surface area contributed by atoms with Crippen LogP contribution in [0.2, 0.25) is 0 Å². The van der Waals surface area contributed by atoms with Gasteiger partial charge in [0.25, 0.3) is 0 Å². The van der Waals surface area contributed by atoms with Crippen LogP contribution in [0.15, 0.2) is 0 Å². The lowest BCUT2D eigenvalue weighted by molar-refractivity contribution is -0.899. The largest absolute Gasteiger partial charge is 0.392 e. The summed E-state index contributed by atoms with van der Waals surface area (Å²) < 4.78 is 1.07. The third-order valence-electron chi connectivity index (χ3n) is 2.47. The van der Waals surface area contributed by atoms with Gasteiger partial charge in [-0.2, -0.15) is 0 Å². The second-order valence-corrected chi connectivity index (χ2v) is 4.18. The highest BCUT2D eigenvalue weighted by Gasteiger charge is 2.30. The Morgan fingerprint density at radius 2 is 2.00 bits per heavy atom. The zero-order valence-electron chi connectivity index (χ0n) is 7.17. The van der Waals surface area contributed by atoms with E-state index in [-0.39, 0.29) is 6.10 Å². The Bertz CT molecular complexity index is 122. The van der Waals surface area contributed by atoms with Crippen molar-refractivity contribution in [1.82, 2.24) is 0 Å². The minimum absolute atomic E-state index is 0.0499. The number of aliphatic hydroxyl groups excluding tert-OH is 1. The van der Waals surface area contributed by atoms with Gasteiger partial charge in [-0.05, 0) is 0 Å². The fraction of sp³-hybridized carbons (Fsp3) is 1.00. The highest BCUT2D eigenvalue weighted by molar-refractivity contribution is 4.68. The van der Waals surface area contributed by atoms with Crippen LogP contribution in [0.4, 0.5) is 0 Å². The van der Waals surface area contributed by atoms with E-state index in [4.69, 9.17) is 0 Å². The van der Waals surface area contributed by atoms with Crippen molar-refractivity contribution < 1.29 is 9.59 Å². The number of piperidine rings is 1. The first-order valence-corrected chi connectivity index (χ1v) is 4.01. The van der Waals surface area contributed by atoms with Crippen LogP contribution in [0, 0.1) is 5.92 Å². The van der Waals surface area contributed by atoms with E-state index in [0.29, 0.717) is 5.92 Å². The number of likely N-dealkylation sites (tertiary alicyclic amines) is 1. The Morgan fingerprint density at radius 1 is 1.40 bits per heavy atom. The molecule has 1 aliphatic rings. The van der Waals surface area contributed by atoms with Crippen LogP contribution < -0.4 is 0 Å². The molecule has 0 aromatic heterocycles. The molecule has 2 atom stereocenters. The molecular weight excluding hydrogens is 126 g/mol. The molecule has 0 saturated carbocycles. The van der Waals surface area contributed by atoms with Crippen molar-refractivity contribution in [3.8, 4) is 0 Å². The molecule has 1 unspecified atom stereocenters. The molecule has 1 aliphatic heterocycles. The van der Waals surface area contributed by atoms with Crippen LogP contribution in [-0.4, -0.2) is 42.9 Å². The fourth-order valence-corrected chi connectivity index (χ4v) is 1.76. The first kappa shape index (κ1) is 8.02.